The van der Waals surface area contributed by atoms with Gasteiger partial charge in [-0.15, -0.1) is 0 Å². The van der Waals surface area contributed by atoms with Crippen LogP contribution in [-0.4, -0.2) is 83.5 Å². The summed E-state index contributed by atoms with van der Waals surface area (Å²) in [6.45, 7) is 9.08. The number of nitrogens with one attached hydrogen (secondary N) is 1. The van der Waals surface area contributed by atoms with E-state index in [9.17, 15) is 23.9 Å². The first kappa shape index (κ1) is 26.6. The van der Waals surface area contributed by atoms with Crippen molar-refractivity contribution < 1.29 is 33.4 Å². The van der Waals surface area contributed by atoms with Gasteiger partial charge in [0, 0.05) is 37.4 Å². The number of aliphatic hydroxyl groups is 1. The van der Waals surface area contributed by atoms with Gasteiger partial charge in [0.25, 0.3) is 11.7 Å². The third kappa shape index (κ3) is 5.30. The molecule has 198 valence electrons. The number of amides is 1. The number of morpholine rings is 1. The van der Waals surface area contributed by atoms with Gasteiger partial charge in [-0.25, -0.2) is 9.18 Å². The number of carbonyl (C=O) groups excluding carboxylic acids is 3. The van der Waals surface area contributed by atoms with E-state index in [1.54, 1.807) is 20.8 Å². The molecule has 2 N–H and O–H groups in total. The van der Waals surface area contributed by atoms with E-state index in [-0.39, 0.29) is 35.7 Å². The fourth-order valence-corrected chi connectivity index (χ4v) is 5.04. The maximum Gasteiger partial charge on any atom is 0.355 e. The maximum absolute atomic E-state index is 13.7. The van der Waals surface area contributed by atoms with E-state index >= 15 is 0 Å². The molecule has 0 aliphatic carbocycles. The molecule has 0 unspecified atom stereocenters. The predicted molar refractivity (Wildman–Crippen MR) is 134 cm³/mol. The number of halogens is 1. The first-order valence-electron chi connectivity index (χ1n) is 12.4. The number of hydrogen-bond donors (Lipinski definition) is 2. The minimum Gasteiger partial charge on any atom is -0.507 e. The van der Waals surface area contributed by atoms with Gasteiger partial charge < -0.3 is 24.5 Å². The lowest BCUT2D eigenvalue weighted by Crippen LogP contribution is -2.38. The minimum atomic E-state index is -0.898. The molecule has 4 rings (SSSR count). The van der Waals surface area contributed by atoms with Crippen molar-refractivity contribution in [2.45, 2.75) is 33.2 Å². The second-order valence-electron chi connectivity index (χ2n) is 9.20. The topological polar surface area (TPSA) is 112 Å². The van der Waals surface area contributed by atoms with Gasteiger partial charge in [-0.2, -0.15) is 0 Å². The van der Waals surface area contributed by atoms with Crippen molar-refractivity contribution in [3.05, 3.63) is 63.7 Å². The summed E-state index contributed by atoms with van der Waals surface area (Å²) >= 11 is 0. The van der Waals surface area contributed by atoms with E-state index in [0.29, 0.717) is 36.5 Å². The predicted octanol–water partition coefficient (Wildman–Crippen LogP) is 3.09. The largest absolute Gasteiger partial charge is 0.507 e. The lowest BCUT2D eigenvalue weighted by atomic mass is 9.94. The highest BCUT2D eigenvalue weighted by Gasteiger charge is 2.46. The standard InChI is InChI=1S/C27H32FN3O6/c1-4-37-27(35)22-16(2)20(17(3)29-22)24(32)21-23(18-6-8-19(28)9-7-18)31(26(34)25(21)33)11-5-10-30-12-14-36-15-13-30/h6-9,23,29,32H,4-5,10-15H2,1-3H3/b24-21+/t23-/m1/s1. The van der Waals surface area contributed by atoms with Crippen LogP contribution in [0.1, 0.15) is 52.3 Å². The second kappa shape index (κ2) is 11.3. The Kier molecular flexibility index (Phi) is 8.09. The Bertz CT molecular complexity index is 1210. The van der Waals surface area contributed by atoms with Crippen LogP contribution in [0.2, 0.25) is 0 Å². The molecular formula is C27H32FN3O6. The highest BCUT2D eigenvalue weighted by Crippen LogP contribution is 2.41. The van der Waals surface area contributed by atoms with E-state index in [1.165, 1.54) is 29.2 Å². The molecule has 1 amide bonds. The van der Waals surface area contributed by atoms with E-state index in [0.717, 1.165) is 19.6 Å². The van der Waals surface area contributed by atoms with E-state index in [2.05, 4.69) is 9.88 Å². The molecule has 37 heavy (non-hydrogen) atoms. The van der Waals surface area contributed by atoms with Crippen LogP contribution in [0.3, 0.4) is 0 Å². The number of aromatic amines is 1. The van der Waals surface area contributed by atoms with Gasteiger partial charge in [-0.3, -0.25) is 14.5 Å². The number of Topliss-reactive ketones (excluding diaryl/α,β-unsaturated/α-hetero) is 1. The summed E-state index contributed by atoms with van der Waals surface area (Å²) < 4.78 is 24.2. The minimum absolute atomic E-state index is 0.0939. The molecule has 3 heterocycles. The molecule has 2 aliphatic heterocycles. The number of ketones is 1. The van der Waals surface area contributed by atoms with Crippen molar-refractivity contribution >= 4 is 23.4 Å². The van der Waals surface area contributed by atoms with Crippen LogP contribution in [0.5, 0.6) is 0 Å². The third-order valence-electron chi connectivity index (χ3n) is 6.86. The Labute approximate surface area is 214 Å². The van der Waals surface area contributed by atoms with Crippen LogP contribution >= 0.6 is 0 Å². The molecule has 0 bridgehead atoms. The Morgan fingerprint density at radius 1 is 1.16 bits per heavy atom. The quantitative estimate of drug-likeness (QED) is 0.241. The molecule has 0 radical (unpaired) electrons. The van der Waals surface area contributed by atoms with Gasteiger partial charge in [-0.1, -0.05) is 12.1 Å². The molecule has 0 spiro atoms. The van der Waals surface area contributed by atoms with Crippen molar-refractivity contribution in [2.24, 2.45) is 0 Å². The molecule has 2 aliphatic rings. The number of esters is 1. The highest BCUT2D eigenvalue weighted by molar-refractivity contribution is 6.46. The Morgan fingerprint density at radius 3 is 2.49 bits per heavy atom. The summed E-state index contributed by atoms with van der Waals surface area (Å²) in [7, 11) is 0. The van der Waals surface area contributed by atoms with E-state index in [4.69, 9.17) is 9.47 Å². The number of hydrogen-bond acceptors (Lipinski definition) is 7. The zero-order chi connectivity index (χ0) is 26.7. The third-order valence-corrected chi connectivity index (χ3v) is 6.86. The van der Waals surface area contributed by atoms with Gasteiger partial charge in [-0.05, 0) is 50.5 Å². The van der Waals surface area contributed by atoms with Crippen LogP contribution in [0.25, 0.3) is 5.76 Å². The lowest BCUT2D eigenvalue weighted by Gasteiger charge is -2.29. The van der Waals surface area contributed by atoms with Crippen molar-refractivity contribution in [3.63, 3.8) is 0 Å². The molecule has 10 heteroatoms. The number of aliphatic hydroxyl groups excluding tert-OH is 1. The summed E-state index contributed by atoms with van der Waals surface area (Å²) in [5.41, 5.74) is 1.70. The first-order valence-corrected chi connectivity index (χ1v) is 12.4. The number of ether oxygens (including phenoxy) is 2. The van der Waals surface area contributed by atoms with Crippen molar-refractivity contribution in [1.29, 1.82) is 0 Å². The van der Waals surface area contributed by atoms with Crippen LogP contribution < -0.4 is 0 Å². The highest BCUT2D eigenvalue weighted by atomic mass is 19.1. The molecule has 2 saturated heterocycles. The summed E-state index contributed by atoms with van der Waals surface area (Å²) in [6.07, 6.45) is 0.611. The molecule has 2 fully saturated rings. The average Bonchev–Trinajstić information content (AvgIpc) is 3.32. The smallest absolute Gasteiger partial charge is 0.355 e. The zero-order valence-electron chi connectivity index (χ0n) is 21.3. The zero-order valence-corrected chi connectivity index (χ0v) is 21.3. The van der Waals surface area contributed by atoms with Crippen molar-refractivity contribution in [3.8, 4) is 0 Å². The van der Waals surface area contributed by atoms with Gasteiger partial charge in [0.15, 0.2) is 0 Å². The monoisotopic (exact) mass is 513 g/mol. The SMILES string of the molecule is CCOC(=O)c1[nH]c(C)c(/C(O)=C2\C(=O)C(=O)N(CCCN3CCOCC3)[C@@H]2c2ccc(F)cc2)c1C. The van der Waals surface area contributed by atoms with Gasteiger partial charge in [0.05, 0.1) is 31.4 Å². The molecule has 9 nitrogen and oxygen atoms in total. The molecule has 1 aromatic heterocycles. The first-order chi connectivity index (χ1) is 17.7. The number of benzene rings is 1. The number of H-pyrrole nitrogens is 1. The Morgan fingerprint density at radius 2 is 1.84 bits per heavy atom. The molecule has 2 aromatic rings. The van der Waals surface area contributed by atoms with Crippen LogP contribution in [0, 0.1) is 19.7 Å². The maximum atomic E-state index is 13.7. The average molecular weight is 514 g/mol. The number of rotatable bonds is 8. The molecule has 0 saturated carbocycles. The molecule has 1 aromatic carbocycles. The fraction of sp³-hybridized carbons (Fsp3) is 0.444. The summed E-state index contributed by atoms with van der Waals surface area (Å²) in [6, 6.07) is 4.64. The Balaban J connectivity index is 1.73. The van der Waals surface area contributed by atoms with Gasteiger partial charge >= 0.3 is 5.97 Å². The fourth-order valence-electron chi connectivity index (χ4n) is 5.04. The van der Waals surface area contributed by atoms with E-state index in [1.807, 2.05) is 0 Å². The van der Waals surface area contributed by atoms with Gasteiger partial charge in [0.1, 0.15) is 17.3 Å². The summed E-state index contributed by atoms with van der Waals surface area (Å²) in [4.78, 5) is 45.5. The van der Waals surface area contributed by atoms with Crippen LogP contribution in [0.15, 0.2) is 29.8 Å². The normalized spacial score (nSPS) is 20.0. The lowest BCUT2D eigenvalue weighted by molar-refractivity contribution is -0.140. The van der Waals surface area contributed by atoms with E-state index < -0.39 is 29.5 Å². The molecule has 1 atom stereocenters. The molecular weight excluding hydrogens is 481 g/mol. The number of nitrogens with zero attached hydrogens (tertiary/aromatic N) is 2. The summed E-state index contributed by atoms with van der Waals surface area (Å²) in [5, 5.41) is 11.4. The number of aryl methyl sites for hydroxylation is 1. The second-order valence-corrected chi connectivity index (χ2v) is 9.20. The number of aromatic nitrogens is 1. The van der Waals surface area contributed by atoms with Crippen molar-refractivity contribution in [2.75, 3.05) is 46.0 Å². The van der Waals surface area contributed by atoms with Crippen LogP contribution in [-0.2, 0) is 19.1 Å². The van der Waals surface area contributed by atoms with Crippen LogP contribution in [0.4, 0.5) is 4.39 Å². The number of likely N-dealkylation sites (tertiary alicyclic amines) is 1. The van der Waals surface area contributed by atoms with Crippen molar-refractivity contribution in [1.82, 2.24) is 14.8 Å². The van der Waals surface area contributed by atoms with Gasteiger partial charge in [0.2, 0.25) is 0 Å². The number of carbonyl (C=O) groups is 3. The summed E-state index contributed by atoms with van der Waals surface area (Å²) in [5.74, 6) is -2.97. The Hall–Kier alpha value is -3.50.